The molecule has 20 heavy (non-hydrogen) atoms. The molecular formula is C15H21N3OS. The molecule has 108 valence electrons. The first-order valence-electron chi connectivity index (χ1n) is 6.78. The average molecular weight is 291 g/mol. The highest BCUT2D eigenvalue weighted by Crippen LogP contribution is 2.22. The van der Waals surface area contributed by atoms with Crippen LogP contribution in [0.3, 0.4) is 0 Å². The maximum absolute atomic E-state index is 11.7. The van der Waals surface area contributed by atoms with Crippen LogP contribution in [0.4, 0.5) is 0 Å². The van der Waals surface area contributed by atoms with E-state index in [-0.39, 0.29) is 11.3 Å². The molecule has 2 aromatic rings. The molecule has 0 aliphatic carbocycles. The highest BCUT2D eigenvalue weighted by Gasteiger charge is 2.15. The van der Waals surface area contributed by atoms with Crippen LogP contribution in [-0.2, 0) is 11.3 Å². The van der Waals surface area contributed by atoms with Crippen LogP contribution < -0.4 is 5.32 Å². The van der Waals surface area contributed by atoms with Crippen molar-refractivity contribution in [1.82, 2.24) is 15.1 Å². The van der Waals surface area contributed by atoms with Crippen LogP contribution in [0.2, 0.25) is 0 Å². The molecule has 0 saturated carbocycles. The average Bonchev–Trinajstić information content (AvgIpc) is 2.96. The fourth-order valence-corrected chi connectivity index (χ4v) is 2.59. The monoisotopic (exact) mass is 291 g/mol. The summed E-state index contributed by atoms with van der Waals surface area (Å²) >= 11 is 1.68. The zero-order valence-corrected chi connectivity index (χ0v) is 13.0. The van der Waals surface area contributed by atoms with Crippen molar-refractivity contribution in [3.8, 4) is 10.6 Å². The number of rotatable bonds is 5. The quantitative estimate of drug-likeness (QED) is 0.919. The third-order valence-corrected chi connectivity index (χ3v) is 3.66. The summed E-state index contributed by atoms with van der Waals surface area (Å²) < 4.78 is 1.87. The minimum Gasteiger partial charge on any atom is -0.354 e. The molecule has 0 bridgehead atoms. The summed E-state index contributed by atoms with van der Waals surface area (Å²) in [6.45, 7) is 7.50. The Morgan fingerprint density at radius 1 is 1.40 bits per heavy atom. The van der Waals surface area contributed by atoms with E-state index in [0.29, 0.717) is 19.5 Å². The van der Waals surface area contributed by atoms with Gasteiger partial charge in [0.25, 0.3) is 0 Å². The number of carbonyl (C=O) groups excluding carboxylic acids is 1. The van der Waals surface area contributed by atoms with E-state index in [9.17, 15) is 4.79 Å². The molecule has 1 N–H and O–H groups in total. The zero-order valence-electron chi connectivity index (χ0n) is 12.2. The summed E-state index contributed by atoms with van der Waals surface area (Å²) in [5.74, 6) is 0.100. The van der Waals surface area contributed by atoms with Crippen molar-refractivity contribution in [2.45, 2.75) is 33.7 Å². The fraction of sp³-hybridized carbons (Fsp3) is 0.467. The lowest BCUT2D eigenvalue weighted by Crippen LogP contribution is -2.30. The fourth-order valence-electron chi connectivity index (χ4n) is 1.90. The van der Waals surface area contributed by atoms with Crippen molar-refractivity contribution in [3.05, 3.63) is 29.8 Å². The first kappa shape index (κ1) is 14.8. The molecule has 1 amide bonds. The minimum atomic E-state index is 0.0299. The van der Waals surface area contributed by atoms with E-state index < -0.39 is 0 Å². The van der Waals surface area contributed by atoms with Crippen LogP contribution in [-0.4, -0.2) is 22.2 Å². The largest absolute Gasteiger partial charge is 0.354 e. The van der Waals surface area contributed by atoms with Crippen molar-refractivity contribution in [3.63, 3.8) is 0 Å². The third-order valence-electron chi connectivity index (χ3n) is 2.77. The van der Waals surface area contributed by atoms with Gasteiger partial charge in [-0.05, 0) is 22.9 Å². The van der Waals surface area contributed by atoms with Gasteiger partial charge in [-0.15, -0.1) is 11.3 Å². The molecule has 0 spiro atoms. The Bertz CT molecular complexity index is 552. The number of hydrogen-bond acceptors (Lipinski definition) is 3. The first-order chi connectivity index (χ1) is 9.44. The second-order valence-electron chi connectivity index (χ2n) is 6.03. The molecule has 2 heterocycles. The molecule has 0 aliphatic heterocycles. The van der Waals surface area contributed by atoms with Crippen LogP contribution in [0.15, 0.2) is 29.8 Å². The molecule has 0 radical (unpaired) electrons. The van der Waals surface area contributed by atoms with Gasteiger partial charge in [-0.2, -0.15) is 5.10 Å². The molecule has 0 saturated heterocycles. The lowest BCUT2D eigenvalue weighted by Gasteiger charge is -2.17. The maximum Gasteiger partial charge on any atom is 0.220 e. The highest BCUT2D eigenvalue weighted by atomic mass is 32.1. The Morgan fingerprint density at radius 3 is 2.85 bits per heavy atom. The van der Waals surface area contributed by atoms with E-state index in [0.717, 1.165) is 5.69 Å². The number of carbonyl (C=O) groups is 1. The number of nitrogens with zero attached hydrogens (tertiary/aromatic N) is 2. The van der Waals surface area contributed by atoms with Crippen LogP contribution >= 0.6 is 11.3 Å². The predicted octanol–water partition coefficient (Wildman–Crippen LogP) is 3.16. The number of thiophene rings is 1. The number of aromatic nitrogens is 2. The molecule has 2 rings (SSSR count). The molecule has 5 heteroatoms. The lowest BCUT2D eigenvalue weighted by atomic mass is 9.92. The van der Waals surface area contributed by atoms with E-state index in [4.69, 9.17) is 0 Å². The van der Waals surface area contributed by atoms with Gasteiger partial charge in [-0.25, -0.2) is 0 Å². The Hall–Kier alpha value is -1.62. The van der Waals surface area contributed by atoms with Crippen LogP contribution in [0.5, 0.6) is 0 Å². The second kappa shape index (κ2) is 6.22. The lowest BCUT2D eigenvalue weighted by molar-refractivity contribution is -0.122. The number of amides is 1. The molecule has 0 fully saturated rings. The molecule has 2 aromatic heterocycles. The molecule has 4 nitrogen and oxygen atoms in total. The summed E-state index contributed by atoms with van der Waals surface area (Å²) in [5.41, 5.74) is 1.02. The SMILES string of the molecule is CC(C)(C)CC(=O)NCCn1ccc(-c2cccs2)n1. The third kappa shape index (κ3) is 4.49. The molecule has 0 aliphatic rings. The highest BCUT2D eigenvalue weighted by molar-refractivity contribution is 7.13. The van der Waals surface area contributed by atoms with Crippen molar-refractivity contribution >= 4 is 17.2 Å². The van der Waals surface area contributed by atoms with Gasteiger partial charge in [0.2, 0.25) is 5.91 Å². The van der Waals surface area contributed by atoms with Crippen molar-refractivity contribution in [2.75, 3.05) is 6.54 Å². The summed E-state index contributed by atoms with van der Waals surface area (Å²) in [7, 11) is 0. The smallest absolute Gasteiger partial charge is 0.220 e. The Balaban J connectivity index is 1.79. The molecular weight excluding hydrogens is 270 g/mol. The van der Waals surface area contributed by atoms with Crippen molar-refractivity contribution in [1.29, 1.82) is 0 Å². The summed E-state index contributed by atoms with van der Waals surface area (Å²) in [5, 5.41) is 9.48. The summed E-state index contributed by atoms with van der Waals surface area (Å²) in [4.78, 5) is 12.9. The van der Waals surface area contributed by atoms with Crippen molar-refractivity contribution in [2.24, 2.45) is 5.41 Å². The molecule has 0 aromatic carbocycles. The van der Waals surface area contributed by atoms with Gasteiger partial charge in [0, 0.05) is 19.2 Å². The van der Waals surface area contributed by atoms with E-state index >= 15 is 0 Å². The van der Waals surface area contributed by atoms with Gasteiger partial charge in [0.05, 0.1) is 11.4 Å². The number of hydrogen-bond donors (Lipinski definition) is 1. The van der Waals surface area contributed by atoms with Gasteiger partial charge in [-0.1, -0.05) is 26.8 Å². The van der Waals surface area contributed by atoms with Gasteiger partial charge in [0.15, 0.2) is 0 Å². The van der Waals surface area contributed by atoms with Crippen LogP contribution in [0, 0.1) is 5.41 Å². The standard InChI is InChI=1S/C15H21N3OS/c1-15(2,3)11-14(19)16-7-9-18-8-6-12(17-18)13-5-4-10-20-13/h4-6,8,10H,7,9,11H2,1-3H3,(H,16,19). The Morgan fingerprint density at radius 2 is 2.20 bits per heavy atom. The van der Waals surface area contributed by atoms with E-state index in [2.05, 4.69) is 37.3 Å². The van der Waals surface area contributed by atoms with Gasteiger partial charge < -0.3 is 5.32 Å². The van der Waals surface area contributed by atoms with E-state index in [1.54, 1.807) is 11.3 Å². The zero-order chi connectivity index (χ0) is 14.6. The van der Waals surface area contributed by atoms with Gasteiger partial charge >= 0.3 is 0 Å². The summed E-state index contributed by atoms with van der Waals surface area (Å²) in [6.07, 6.45) is 2.50. The van der Waals surface area contributed by atoms with Crippen molar-refractivity contribution < 1.29 is 4.79 Å². The van der Waals surface area contributed by atoms with Gasteiger partial charge in [0.1, 0.15) is 5.69 Å². The minimum absolute atomic E-state index is 0.0299. The predicted molar refractivity (Wildman–Crippen MR) is 82.6 cm³/mol. The second-order valence-corrected chi connectivity index (χ2v) is 6.98. The van der Waals surface area contributed by atoms with E-state index in [1.165, 1.54) is 4.88 Å². The maximum atomic E-state index is 11.7. The number of nitrogens with one attached hydrogen (secondary N) is 1. The normalized spacial score (nSPS) is 11.6. The first-order valence-corrected chi connectivity index (χ1v) is 7.66. The molecule has 0 atom stereocenters. The van der Waals surface area contributed by atoms with Crippen LogP contribution in [0.25, 0.3) is 10.6 Å². The van der Waals surface area contributed by atoms with E-state index in [1.807, 2.05) is 28.4 Å². The Kier molecular flexibility index (Phi) is 4.60. The Labute approximate surface area is 123 Å². The molecule has 0 unspecified atom stereocenters. The van der Waals surface area contributed by atoms with Crippen LogP contribution in [0.1, 0.15) is 27.2 Å². The summed E-state index contributed by atoms with van der Waals surface area (Å²) in [6, 6.07) is 6.08. The van der Waals surface area contributed by atoms with Gasteiger partial charge in [-0.3, -0.25) is 9.48 Å². The topological polar surface area (TPSA) is 46.9 Å².